The zero-order chi connectivity index (χ0) is 42.6. The summed E-state index contributed by atoms with van der Waals surface area (Å²) in [6, 6.07) is 87.4. The maximum atomic E-state index is 2.46. The van der Waals surface area contributed by atoms with E-state index in [1.54, 1.807) is 0 Å². The molecule has 63 heavy (non-hydrogen) atoms. The largest absolute Gasteiger partial charge is 0.310 e. The van der Waals surface area contributed by atoms with Crippen LogP contribution in [0.15, 0.2) is 237 Å². The lowest BCUT2D eigenvalue weighted by Crippen LogP contribution is -2.74. The molecule has 0 atom stereocenters. The van der Waals surface area contributed by atoms with E-state index < -0.39 is 8.07 Å². The van der Waals surface area contributed by atoms with Crippen LogP contribution in [0.1, 0.15) is 48.9 Å². The molecule has 0 unspecified atom stereocenters. The lowest BCUT2D eigenvalue weighted by molar-refractivity contribution is 0.490. The molecule has 2 heteroatoms. The van der Waals surface area contributed by atoms with Crippen LogP contribution in [0.4, 0.5) is 17.1 Å². The third kappa shape index (κ3) is 7.17. The van der Waals surface area contributed by atoms with Gasteiger partial charge in [0.05, 0.1) is 0 Å². The summed E-state index contributed by atoms with van der Waals surface area (Å²) in [7, 11) is -2.56. The van der Waals surface area contributed by atoms with Crippen molar-refractivity contribution in [1.82, 2.24) is 0 Å². The first kappa shape index (κ1) is 39.8. The molecule has 1 nitrogen and oxygen atoms in total. The molecule has 0 fully saturated rings. The monoisotopic (exact) mass is 825 g/mol. The SMILES string of the molecule is CCC1(CC)c2cc(/C=C/c3ccc(-c4ccc([Si](c5ccccc5)(c5ccccc5)c5ccccc5)cc4)cc3)ccc2-c2ccc(N(c3ccccc3)c3ccccc3)cc21. The van der Waals surface area contributed by atoms with Crippen LogP contribution in [0.3, 0.4) is 0 Å². The van der Waals surface area contributed by atoms with Gasteiger partial charge >= 0.3 is 0 Å². The van der Waals surface area contributed by atoms with Crippen molar-refractivity contribution in [1.29, 1.82) is 0 Å². The highest BCUT2D eigenvalue weighted by atomic mass is 28.3. The number of fused-ring (bicyclic) bond motifs is 3. The number of para-hydroxylation sites is 2. The summed E-state index contributed by atoms with van der Waals surface area (Å²) in [6.07, 6.45) is 6.61. The van der Waals surface area contributed by atoms with Gasteiger partial charge in [0.25, 0.3) is 0 Å². The van der Waals surface area contributed by atoms with Crippen molar-refractivity contribution >= 4 is 58.0 Å². The van der Waals surface area contributed by atoms with Gasteiger partial charge in [0.15, 0.2) is 8.07 Å². The van der Waals surface area contributed by atoms with Gasteiger partial charge in [-0.15, -0.1) is 0 Å². The van der Waals surface area contributed by atoms with Crippen LogP contribution < -0.4 is 25.6 Å². The predicted octanol–water partition coefficient (Wildman–Crippen LogP) is 13.5. The minimum absolute atomic E-state index is 0.0633. The van der Waals surface area contributed by atoms with Crippen LogP contribution in [0, 0.1) is 0 Å². The molecule has 0 aliphatic heterocycles. The van der Waals surface area contributed by atoms with Crippen LogP contribution in [0.25, 0.3) is 34.4 Å². The van der Waals surface area contributed by atoms with Gasteiger partial charge in [-0.3, -0.25) is 0 Å². The molecule has 10 rings (SSSR count). The van der Waals surface area contributed by atoms with Crippen LogP contribution in [-0.2, 0) is 5.41 Å². The quantitative estimate of drug-likeness (QED) is 0.0674. The van der Waals surface area contributed by atoms with Crippen molar-refractivity contribution in [3.63, 3.8) is 0 Å². The van der Waals surface area contributed by atoms with Gasteiger partial charge in [0, 0.05) is 22.5 Å². The first-order valence-electron chi connectivity index (χ1n) is 22.4. The molecule has 0 saturated heterocycles. The molecule has 0 bridgehead atoms. The molecule has 0 aromatic heterocycles. The van der Waals surface area contributed by atoms with E-state index in [9.17, 15) is 0 Å². The number of hydrogen-bond donors (Lipinski definition) is 0. The highest BCUT2D eigenvalue weighted by Crippen LogP contribution is 2.54. The summed E-state index contributed by atoms with van der Waals surface area (Å²) in [5.74, 6) is 0. The Labute approximate surface area is 374 Å². The van der Waals surface area contributed by atoms with E-state index in [1.807, 2.05) is 0 Å². The summed E-state index contributed by atoms with van der Waals surface area (Å²) < 4.78 is 0. The van der Waals surface area contributed by atoms with Gasteiger partial charge in [-0.1, -0.05) is 226 Å². The number of anilines is 3. The van der Waals surface area contributed by atoms with Crippen molar-refractivity contribution in [2.45, 2.75) is 32.1 Å². The summed E-state index contributed by atoms with van der Waals surface area (Å²) in [4.78, 5) is 2.38. The Morgan fingerprint density at radius 2 is 0.746 bits per heavy atom. The van der Waals surface area contributed by atoms with Gasteiger partial charge in [0.1, 0.15) is 0 Å². The molecule has 1 aliphatic rings. The molecule has 0 heterocycles. The normalized spacial score (nSPS) is 12.8. The Kier molecular flexibility index (Phi) is 10.9. The predicted molar refractivity (Wildman–Crippen MR) is 272 cm³/mol. The topological polar surface area (TPSA) is 3.24 Å². The number of hydrogen-bond acceptors (Lipinski definition) is 1. The van der Waals surface area contributed by atoms with Gasteiger partial charge in [-0.05, 0) is 114 Å². The standard InChI is InChI=1S/C61H51NSi/c1-3-61(4-2)59-44-47(34-42-57(59)58-43-39-52(45-60(58)61)62(50-20-10-5-11-21-50)51-22-12-6-13-23-51)31-30-46-32-35-48(36-33-46)49-37-40-56(41-38-49)63(53-24-14-7-15-25-53,54-26-16-8-17-27-54)55-28-18-9-19-29-55/h5-45H,3-4H2,1-2H3/b31-30+. The van der Waals surface area contributed by atoms with Crippen molar-refractivity contribution in [3.05, 3.63) is 259 Å². The molecule has 9 aromatic carbocycles. The number of rotatable bonds is 12. The average molecular weight is 826 g/mol. The summed E-state index contributed by atoms with van der Waals surface area (Å²) in [5, 5.41) is 5.54. The number of benzene rings is 9. The van der Waals surface area contributed by atoms with Crippen molar-refractivity contribution in [3.8, 4) is 22.3 Å². The van der Waals surface area contributed by atoms with Crippen LogP contribution in [0.5, 0.6) is 0 Å². The fraction of sp³-hybridized carbons (Fsp3) is 0.0820. The second-order valence-corrected chi connectivity index (χ2v) is 20.5. The zero-order valence-corrected chi connectivity index (χ0v) is 37.0. The Hall–Kier alpha value is -7.26. The van der Waals surface area contributed by atoms with Crippen molar-refractivity contribution < 1.29 is 0 Å². The number of nitrogens with zero attached hydrogens (tertiary/aromatic N) is 1. The van der Waals surface area contributed by atoms with Crippen LogP contribution in [-0.4, -0.2) is 8.07 Å². The van der Waals surface area contributed by atoms with Gasteiger partial charge in [0.2, 0.25) is 0 Å². The molecule has 9 aromatic rings. The Morgan fingerprint density at radius 1 is 0.365 bits per heavy atom. The molecule has 0 N–H and O–H groups in total. The lowest BCUT2D eigenvalue weighted by Gasteiger charge is -2.34. The fourth-order valence-electron chi connectivity index (χ4n) is 10.3. The van der Waals surface area contributed by atoms with E-state index in [-0.39, 0.29) is 5.41 Å². The molecular weight excluding hydrogens is 775 g/mol. The zero-order valence-electron chi connectivity index (χ0n) is 36.0. The smallest absolute Gasteiger partial charge is 0.179 e. The van der Waals surface area contributed by atoms with E-state index >= 15 is 0 Å². The Morgan fingerprint density at radius 3 is 1.22 bits per heavy atom. The first-order valence-corrected chi connectivity index (χ1v) is 24.4. The average Bonchev–Trinajstić information content (AvgIpc) is 3.64. The third-order valence-electron chi connectivity index (χ3n) is 13.5. The summed E-state index contributed by atoms with van der Waals surface area (Å²) >= 11 is 0. The molecule has 0 radical (unpaired) electrons. The second-order valence-electron chi connectivity index (χ2n) is 16.7. The van der Waals surface area contributed by atoms with Crippen molar-refractivity contribution in [2.24, 2.45) is 0 Å². The molecule has 0 spiro atoms. The molecule has 1 aliphatic carbocycles. The van der Waals surface area contributed by atoms with Gasteiger partial charge < -0.3 is 4.90 Å². The summed E-state index contributed by atoms with van der Waals surface area (Å²) in [6.45, 7) is 4.71. The van der Waals surface area contributed by atoms with E-state index in [0.717, 1.165) is 24.2 Å². The second kappa shape index (κ2) is 17.2. The Bertz CT molecular complexity index is 2840. The van der Waals surface area contributed by atoms with Crippen LogP contribution >= 0.6 is 0 Å². The fourth-order valence-corrected chi connectivity index (χ4v) is 15.1. The minimum Gasteiger partial charge on any atom is -0.310 e. The van der Waals surface area contributed by atoms with Crippen LogP contribution in [0.2, 0.25) is 0 Å². The molecular formula is C61H51NSi. The maximum absolute atomic E-state index is 2.56. The molecule has 0 saturated carbocycles. The van der Waals surface area contributed by atoms with E-state index in [2.05, 4.69) is 267 Å². The highest BCUT2D eigenvalue weighted by molar-refractivity contribution is 7.19. The third-order valence-corrected chi connectivity index (χ3v) is 18.3. The van der Waals surface area contributed by atoms with E-state index in [1.165, 1.54) is 70.9 Å². The summed E-state index contributed by atoms with van der Waals surface area (Å²) in [5.41, 5.74) is 13.9. The highest BCUT2D eigenvalue weighted by Gasteiger charge is 2.42. The van der Waals surface area contributed by atoms with Gasteiger partial charge in [-0.2, -0.15) is 0 Å². The first-order chi connectivity index (χ1) is 31.1. The van der Waals surface area contributed by atoms with E-state index in [4.69, 9.17) is 0 Å². The maximum Gasteiger partial charge on any atom is 0.179 e. The minimum atomic E-state index is -2.56. The van der Waals surface area contributed by atoms with E-state index in [0.29, 0.717) is 0 Å². The molecule has 304 valence electrons. The lowest BCUT2D eigenvalue weighted by atomic mass is 9.73. The van der Waals surface area contributed by atoms with Crippen molar-refractivity contribution in [2.75, 3.05) is 4.90 Å². The Balaban J connectivity index is 0.930. The van der Waals surface area contributed by atoms with Gasteiger partial charge in [-0.25, -0.2) is 0 Å². The molecule has 0 amide bonds.